The summed E-state index contributed by atoms with van der Waals surface area (Å²) in [7, 11) is 0. The van der Waals surface area contributed by atoms with E-state index in [-0.39, 0.29) is 17.4 Å². The van der Waals surface area contributed by atoms with Gasteiger partial charge in [0.25, 0.3) is 5.56 Å². The number of nitrogens with zero attached hydrogens (tertiary/aromatic N) is 2. The fourth-order valence-electron chi connectivity index (χ4n) is 4.99. The van der Waals surface area contributed by atoms with Crippen molar-refractivity contribution >= 4 is 23.5 Å². The quantitative estimate of drug-likeness (QED) is 0.406. The summed E-state index contributed by atoms with van der Waals surface area (Å²) in [6, 6.07) is 18.6. The number of ether oxygens (including phenoxy) is 1. The number of aromatic nitrogens is 2. The van der Waals surface area contributed by atoms with Crippen molar-refractivity contribution in [3.8, 4) is 0 Å². The lowest BCUT2D eigenvalue weighted by Gasteiger charge is -2.44. The molecule has 0 saturated heterocycles. The molecule has 1 heterocycles. The van der Waals surface area contributed by atoms with Crippen molar-refractivity contribution in [3.05, 3.63) is 98.9 Å². The first-order valence-corrected chi connectivity index (χ1v) is 13.0. The van der Waals surface area contributed by atoms with Gasteiger partial charge in [-0.1, -0.05) is 73.3 Å². The zero-order chi connectivity index (χ0) is 26.6. The van der Waals surface area contributed by atoms with Gasteiger partial charge in [-0.25, -0.2) is 4.79 Å². The van der Waals surface area contributed by atoms with E-state index in [9.17, 15) is 14.4 Å². The molecule has 37 heavy (non-hydrogen) atoms. The summed E-state index contributed by atoms with van der Waals surface area (Å²) in [6.07, 6.45) is 3.72. The highest BCUT2D eigenvalue weighted by Gasteiger charge is 2.47. The number of carbonyl (C=O) groups is 2. The minimum Gasteiger partial charge on any atom is -0.444 e. The predicted molar refractivity (Wildman–Crippen MR) is 143 cm³/mol. The van der Waals surface area contributed by atoms with Crippen molar-refractivity contribution in [2.75, 3.05) is 0 Å². The van der Waals surface area contributed by atoms with E-state index < -0.39 is 22.9 Å². The molecule has 1 N–H and O–H groups in total. The van der Waals surface area contributed by atoms with E-state index in [0.717, 1.165) is 32.1 Å². The molecule has 1 aliphatic carbocycles. The van der Waals surface area contributed by atoms with Crippen LogP contribution in [0.3, 0.4) is 0 Å². The van der Waals surface area contributed by atoms with Gasteiger partial charge in [0.2, 0.25) is 5.78 Å². The number of halogens is 1. The highest BCUT2D eigenvalue weighted by molar-refractivity contribution is 6.30. The van der Waals surface area contributed by atoms with Crippen LogP contribution in [0.2, 0.25) is 5.02 Å². The summed E-state index contributed by atoms with van der Waals surface area (Å²) >= 11 is 6.42. The second-order valence-electron chi connectivity index (χ2n) is 10.4. The van der Waals surface area contributed by atoms with E-state index in [2.05, 4.69) is 10.4 Å². The molecule has 1 aromatic heterocycles. The Morgan fingerprint density at radius 1 is 0.973 bits per heavy atom. The van der Waals surface area contributed by atoms with Crippen molar-refractivity contribution in [1.82, 2.24) is 15.1 Å². The molecule has 3 aromatic rings. The fourth-order valence-corrected chi connectivity index (χ4v) is 5.18. The van der Waals surface area contributed by atoms with E-state index in [1.165, 1.54) is 16.8 Å². The van der Waals surface area contributed by atoms with Crippen LogP contribution in [-0.2, 0) is 10.4 Å². The third kappa shape index (κ3) is 5.93. The Labute approximate surface area is 221 Å². The van der Waals surface area contributed by atoms with Crippen LogP contribution in [0.5, 0.6) is 0 Å². The van der Waals surface area contributed by atoms with E-state index in [4.69, 9.17) is 16.3 Å². The summed E-state index contributed by atoms with van der Waals surface area (Å²) in [5.74, 6) is -0.519. The van der Waals surface area contributed by atoms with Crippen molar-refractivity contribution in [2.24, 2.45) is 5.92 Å². The van der Waals surface area contributed by atoms with Crippen molar-refractivity contribution < 1.29 is 14.3 Å². The molecule has 7 nitrogen and oxygen atoms in total. The van der Waals surface area contributed by atoms with Crippen LogP contribution in [0.15, 0.2) is 71.5 Å². The van der Waals surface area contributed by atoms with Crippen LogP contribution >= 0.6 is 11.6 Å². The molecule has 1 atom stereocenters. The monoisotopic (exact) mass is 521 g/mol. The molecule has 0 bridgehead atoms. The topological polar surface area (TPSA) is 90.3 Å². The van der Waals surface area contributed by atoms with Crippen LogP contribution in [0.4, 0.5) is 4.79 Å². The highest BCUT2D eigenvalue weighted by atomic mass is 35.5. The molecule has 1 aliphatic rings. The average Bonchev–Trinajstić information content (AvgIpc) is 2.87. The minimum absolute atomic E-state index is 0.0963. The second kappa shape index (κ2) is 10.9. The molecule has 1 unspecified atom stereocenters. The number of ketones is 1. The third-order valence-corrected chi connectivity index (χ3v) is 6.79. The lowest BCUT2D eigenvalue weighted by molar-refractivity contribution is 0.0279. The Balaban J connectivity index is 1.95. The maximum Gasteiger partial charge on any atom is 0.409 e. The van der Waals surface area contributed by atoms with Gasteiger partial charge >= 0.3 is 6.09 Å². The lowest BCUT2D eigenvalue weighted by Crippen LogP contribution is -2.61. The number of rotatable bonds is 6. The molecule has 4 rings (SSSR count). The Hall–Kier alpha value is -3.45. The Morgan fingerprint density at radius 3 is 2.32 bits per heavy atom. The van der Waals surface area contributed by atoms with Crippen LogP contribution in [0.25, 0.3) is 0 Å². The number of amides is 1. The summed E-state index contributed by atoms with van der Waals surface area (Å²) < 4.78 is 6.90. The van der Waals surface area contributed by atoms with Gasteiger partial charge in [0, 0.05) is 28.1 Å². The molecule has 194 valence electrons. The summed E-state index contributed by atoms with van der Waals surface area (Å²) in [5, 5.41) is 8.08. The zero-order valence-corrected chi connectivity index (χ0v) is 22.1. The van der Waals surface area contributed by atoms with Crippen LogP contribution in [0, 0.1) is 5.92 Å². The third-order valence-electron chi connectivity index (χ3n) is 6.56. The molecule has 2 aromatic carbocycles. The van der Waals surface area contributed by atoms with Gasteiger partial charge in [0.1, 0.15) is 11.3 Å². The van der Waals surface area contributed by atoms with Gasteiger partial charge in [-0.3, -0.25) is 14.9 Å². The zero-order valence-electron chi connectivity index (χ0n) is 21.4. The molecule has 1 amide bonds. The van der Waals surface area contributed by atoms with Crippen LogP contribution in [0.1, 0.15) is 74.5 Å². The minimum atomic E-state index is -1.42. The maximum atomic E-state index is 13.5. The lowest BCUT2D eigenvalue weighted by atomic mass is 9.76. The fraction of sp³-hybridized carbons (Fsp3) is 0.379. The van der Waals surface area contributed by atoms with Gasteiger partial charge in [-0.15, -0.1) is 0 Å². The first-order valence-electron chi connectivity index (χ1n) is 12.6. The molecule has 0 spiro atoms. The highest BCUT2D eigenvalue weighted by Crippen LogP contribution is 2.40. The average molecular weight is 522 g/mol. The standard InChI is InChI=1S/C29H32ClN3O4/c1-28(2,3)37-27(36)31-29(21-13-8-5-9-14-21,22-15-10-16-23(30)19-22)33-25(34)18-17-24(32-33)26(35)20-11-6-4-7-12-20/h4,6-7,10-12,15-19,21H,5,8-9,13-14H2,1-3H3,(H,31,36). The van der Waals surface area contributed by atoms with Crippen LogP contribution < -0.4 is 10.9 Å². The summed E-state index contributed by atoms with van der Waals surface area (Å²) in [5.41, 5.74) is -1.49. The maximum absolute atomic E-state index is 13.5. The Bertz CT molecular complexity index is 1330. The molecule has 0 radical (unpaired) electrons. The van der Waals surface area contributed by atoms with Gasteiger partial charge in [0.05, 0.1) is 0 Å². The number of hydrogen-bond donors (Lipinski definition) is 1. The normalized spacial score (nSPS) is 16.0. The van der Waals surface area contributed by atoms with E-state index >= 15 is 0 Å². The van der Waals surface area contributed by atoms with Crippen molar-refractivity contribution in [1.29, 1.82) is 0 Å². The number of nitrogens with one attached hydrogen (secondary N) is 1. The van der Waals surface area contributed by atoms with Crippen molar-refractivity contribution in [3.63, 3.8) is 0 Å². The smallest absolute Gasteiger partial charge is 0.409 e. The van der Waals surface area contributed by atoms with E-state index in [1.807, 2.05) is 12.1 Å². The summed E-state index contributed by atoms with van der Waals surface area (Å²) in [4.78, 5) is 40.1. The molecule has 1 saturated carbocycles. The second-order valence-corrected chi connectivity index (χ2v) is 10.8. The van der Waals surface area contributed by atoms with E-state index in [0.29, 0.717) is 16.1 Å². The Morgan fingerprint density at radius 2 is 1.68 bits per heavy atom. The molecular weight excluding hydrogens is 490 g/mol. The number of alkyl carbamates (subject to hydrolysis) is 1. The molecule has 8 heteroatoms. The Kier molecular flexibility index (Phi) is 7.83. The van der Waals surface area contributed by atoms with Gasteiger partial charge < -0.3 is 4.74 Å². The van der Waals surface area contributed by atoms with E-state index in [1.54, 1.807) is 63.2 Å². The van der Waals surface area contributed by atoms with Gasteiger partial charge in [0.15, 0.2) is 5.66 Å². The summed E-state index contributed by atoms with van der Waals surface area (Å²) in [6.45, 7) is 5.33. The van der Waals surface area contributed by atoms with Gasteiger partial charge in [-0.2, -0.15) is 9.78 Å². The van der Waals surface area contributed by atoms with Crippen LogP contribution in [-0.4, -0.2) is 27.3 Å². The molecular formula is C29H32ClN3O4. The first-order chi connectivity index (χ1) is 17.6. The number of benzene rings is 2. The number of hydrogen-bond acceptors (Lipinski definition) is 5. The molecule has 1 fully saturated rings. The SMILES string of the molecule is CC(C)(C)OC(=O)NC(c1cccc(Cl)c1)(C1CCCCC1)n1nc(C(=O)c2ccccc2)ccc1=O. The number of carbonyl (C=O) groups excluding carboxylic acids is 2. The van der Waals surface area contributed by atoms with Crippen molar-refractivity contribution in [2.45, 2.75) is 64.1 Å². The largest absolute Gasteiger partial charge is 0.444 e. The molecule has 0 aliphatic heterocycles. The first kappa shape index (κ1) is 26.6. The van der Waals surface area contributed by atoms with Gasteiger partial charge in [-0.05, 0) is 51.8 Å². The predicted octanol–water partition coefficient (Wildman–Crippen LogP) is 5.93.